The Morgan fingerprint density at radius 3 is 2.75 bits per heavy atom. The van der Waals surface area contributed by atoms with Crippen LogP contribution >= 0.6 is 0 Å². The van der Waals surface area contributed by atoms with E-state index in [1.165, 1.54) is 23.3 Å². The van der Waals surface area contributed by atoms with Crippen LogP contribution in [0.15, 0.2) is 42.5 Å². The van der Waals surface area contributed by atoms with Crippen molar-refractivity contribution in [2.75, 3.05) is 18.5 Å². The van der Waals surface area contributed by atoms with Gasteiger partial charge in [0.25, 0.3) is 0 Å². The fourth-order valence-corrected chi connectivity index (χ4v) is 2.76. The summed E-state index contributed by atoms with van der Waals surface area (Å²) in [6.07, 6.45) is 0.953. The Hall–Kier alpha value is -2.03. The average Bonchev–Trinajstić information content (AvgIpc) is 2.48. The molecule has 0 aliphatic carbocycles. The lowest BCUT2D eigenvalue weighted by Crippen LogP contribution is -2.22. The number of hydrogen-bond donors (Lipinski definition) is 1. The number of rotatable bonds is 3. The maximum Gasteiger partial charge on any atom is 0.142 e. The highest BCUT2D eigenvalue weighted by Gasteiger charge is 2.22. The summed E-state index contributed by atoms with van der Waals surface area (Å²) in [5.74, 6) is 1.11. The summed E-state index contributed by atoms with van der Waals surface area (Å²) < 4.78 is 18.6. The van der Waals surface area contributed by atoms with E-state index in [0.717, 1.165) is 24.4 Å². The molecule has 0 radical (unpaired) electrons. The summed E-state index contributed by atoms with van der Waals surface area (Å²) in [7, 11) is 0. The third-order valence-electron chi connectivity index (χ3n) is 3.75. The number of fused-ring (bicyclic) bond motifs is 1. The number of benzene rings is 2. The van der Waals surface area contributed by atoms with Crippen LogP contribution in [0.5, 0.6) is 5.75 Å². The number of para-hydroxylation sites is 1. The molecule has 0 saturated heterocycles. The monoisotopic (exact) mass is 271 g/mol. The van der Waals surface area contributed by atoms with E-state index in [4.69, 9.17) is 4.74 Å². The predicted molar refractivity (Wildman–Crippen MR) is 78.9 cm³/mol. The molecule has 2 nitrogen and oxygen atoms in total. The van der Waals surface area contributed by atoms with Gasteiger partial charge in [-0.05, 0) is 42.7 Å². The van der Waals surface area contributed by atoms with E-state index in [0.29, 0.717) is 12.5 Å². The molecule has 20 heavy (non-hydrogen) atoms. The van der Waals surface area contributed by atoms with Gasteiger partial charge in [0, 0.05) is 12.5 Å². The topological polar surface area (TPSA) is 21.3 Å². The van der Waals surface area contributed by atoms with E-state index in [-0.39, 0.29) is 5.82 Å². The minimum absolute atomic E-state index is 0.184. The Bertz CT molecular complexity index is 594. The molecule has 1 heterocycles. The maximum absolute atomic E-state index is 13.0. The number of nitrogens with one attached hydrogen (secondary N) is 1. The van der Waals surface area contributed by atoms with Gasteiger partial charge in [-0.3, -0.25) is 0 Å². The predicted octanol–water partition coefficient (Wildman–Crippen LogP) is 3.98. The van der Waals surface area contributed by atoms with Gasteiger partial charge in [-0.2, -0.15) is 0 Å². The lowest BCUT2D eigenvalue weighted by molar-refractivity contribution is 0.341. The van der Waals surface area contributed by atoms with Gasteiger partial charge in [-0.1, -0.05) is 24.3 Å². The number of anilines is 1. The van der Waals surface area contributed by atoms with Crippen molar-refractivity contribution in [1.82, 2.24) is 0 Å². The molecule has 1 N–H and O–H groups in total. The van der Waals surface area contributed by atoms with Gasteiger partial charge in [-0.15, -0.1) is 0 Å². The zero-order chi connectivity index (χ0) is 13.9. The zero-order valence-electron chi connectivity index (χ0n) is 11.5. The Balaban J connectivity index is 1.85. The van der Waals surface area contributed by atoms with Crippen molar-refractivity contribution in [3.05, 3.63) is 59.4 Å². The van der Waals surface area contributed by atoms with Crippen LogP contribution < -0.4 is 10.1 Å². The molecule has 0 amide bonds. The van der Waals surface area contributed by atoms with Crippen LogP contribution in [-0.2, 0) is 6.42 Å². The van der Waals surface area contributed by atoms with Gasteiger partial charge < -0.3 is 10.1 Å². The normalized spacial score (nSPS) is 17.2. The molecule has 0 fully saturated rings. The maximum atomic E-state index is 13.0. The molecule has 3 heteroatoms. The van der Waals surface area contributed by atoms with Crippen molar-refractivity contribution in [1.29, 1.82) is 0 Å². The molecular formula is C17H18FNO. The molecule has 1 atom stereocenters. The minimum Gasteiger partial charge on any atom is -0.492 e. The molecule has 2 aromatic rings. The van der Waals surface area contributed by atoms with E-state index in [1.807, 2.05) is 31.2 Å². The first-order chi connectivity index (χ1) is 9.78. The Kier molecular flexibility index (Phi) is 3.59. The summed E-state index contributed by atoms with van der Waals surface area (Å²) in [6.45, 7) is 3.51. The summed E-state index contributed by atoms with van der Waals surface area (Å²) in [6, 6.07) is 13.0. The van der Waals surface area contributed by atoms with Crippen LogP contribution in [0.3, 0.4) is 0 Å². The molecule has 0 saturated carbocycles. The van der Waals surface area contributed by atoms with Crippen molar-refractivity contribution in [2.45, 2.75) is 19.3 Å². The second kappa shape index (κ2) is 5.53. The quantitative estimate of drug-likeness (QED) is 0.911. The average molecular weight is 271 g/mol. The highest BCUT2D eigenvalue weighted by Crippen LogP contribution is 2.36. The number of hydrogen-bond acceptors (Lipinski definition) is 2. The first-order valence-corrected chi connectivity index (χ1v) is 7.02. The summed E-state index contributed by atoms with van der Waals surface area (Å²) in [5, 5.41) is 3.46. The summed E-state index contributed by atoms with van der Waals surface area (Å²) in [5.41, 5.74) is 3.54. The van der Waals surface area contributed by atoms with E-state index in [2.05, 4.69) is 11.4 Å². The fourth-order valence-electron chi connectivity index (χ4n) is 2.76. The molecule has 0 aromatic heterocycles. The Labute approximate surface area is 118 Å². The molecule has 1 aliphatic rings. The number of ether oxygens (including phenoxy) is 1. The first-order valence-electron chi connectivity index (χ1n) is 7.02. The highest BCUT2D eigenvalue weighted by molar-refractivity contribution is 5.64. The molecule has 2 aromatic carbocycles. The summed E-state index contributed by atoms with van der Waals surface area (Å²) >= 11 is 0. The number of halogens is 1. The van der Waals surface area contributed by atoms with E-state index in [9.17, 15) is 4.39 Å². The van der Waals surface area contributed by atoms with Crippen molar-refractivity contribution in [3.8, 4) is 5.75 Å². The van der Waals surface area contributed by atoms with Gasteiger partial charge in [0.2, 0.25) is 0 Å². The third kappa shape index (κ3) is 2.48. The first kappa shape index (κ1) is 13.0. The Morgan fingerprint density at radius 1 is 1.20 bits per heavy atom. The van der Waals surface area contributed by atoms with Gasteiger partial charge in [-0.25, -0.2) is 4.39 Å². The molecule has 104 valence electrons. The molecule has 0 spiro atoms. The third-order valence-corrected chi connectivity index (χ3v) is 3.75. The van der Waals surface area contributed by atoms with E-state index < -0.39 is 0 Å². The van der Waals surface area contributed by atoms with Crippen LogP contribution in [0, 0.1) is 5.82 Å². The largest absolute Gasteiger partial charge is 0.492 e. The second-order valence-electron chi connectivity index (χ2n) is 5.06. The smallest absolute Gasteiger partial charge is 0.142 e. The molecule has 3 rings (SSSR count). The van der Waals surface area contributed by atoms with E-state index in [1.54, 1.807) is 0 Å². The molecule has 0 bridgehead atoms. The molecular weight excluding hydrogens is 253 g/mol. The lowest BCUT2D eigenvalue weighted by atomic mass is 9.88. The standard InChI is InChI=1S/C17H18FNO/c1-2-20-16-5-3-4-13-10-14(11-19-17(13)16)12-6-8-15(18)9-7-12/h3-9,14,19H,2,10-11H2,1H3. The molecule has 1 aliphatic heterocycles. The van der Waals surface area contributed by atoms with Crippen LogP contribution in [0.4, 0.5) is 10.1 Å². The SMILES string of the molecule is CCOc1cccc2c1NCC(c1ccc(F)cc1)C2. The van der Waals surface area contributed by atoms with Crippen molar-refractivity contribution in [2.24, 2.45) is 0 Å². The lowest BCUT2D eigenvalue weighted by Gasteiger charge is -2.28. The van der Waals surface area contributed by atoms with Crippen LogP contribution in [0.25, 0.3) is 0 Å². The van der Waals surface area contributed by atoms with Gasteiger partial charge in [0.05, 0.1) is 12.3 Å². The summed E-state index contributed by atoms with van der Waals surface area (Å²) in [4.78, 5) is 0. The highest BCUT2D eigenvalue weighted by atomic mass is 19.1. The van der Waals surface area contributed by atoms with Gasteiger partial charge >= 0.3 is 0 Å². The van der Waals surface area contributed by atoms with Crippen molar-refractivity contribution >= 4 is 5.69 Å². The van der Waals surface area contributed by atoms with Gasteiger partial charge in [0.1, 0.15) is 11.6 Å². The van der Waals surface area contributed by atoms with Crippen LogP contribution in [0.1, 0.15) is 24.0 Å². The Morgan fingerprint density at radius 2 is 2.00 bits per heavy atom. The van der Waals surface area contributed by atoms with Gasteiger partial charge in [0.15, 0.2) is 0 Å². The second-order valence-corrected chi connectivity index (χ2v) is 5.06. The van der Waals surface area contributed by atoms with Crippen molar-refractivity contribution in [3.63, 3.8) is 0 Å². The van der Waals surface area contributed by atoms with Crippen LogP contribution in [0.2, 0.25) is 0 Å². The van der Waals surface area contributed by atoms with Crippen LogP contribution in [-0.4, -0.2) is 13.2 Å². The van der Waals surface area contributed by atoms with E-state index >= 15 is 0 Å². The molecule has 1 unspecified atom stereocenters. The fraction of sp³-hybridized carbons (Fsp3) is 0.294. The minimum atomic E-state index is -0.184. The van der Waals surface area contributed by atoms with Crippen molar-refractivity contribution < 1.29 is 9.13 Å². The zero-order valence-corrected chi connectivity index (χ0v) is 11.5.